The number of anilines is 1. The molecule has 2 aromatic heterocycles. The van der Waals surface area contributed by atoms with Gasteiger partial charge >= 0.3 is 0 Å². The summed E-state index contributed by atoms with van der Waals surface area (Å²) < 4.78 is 11.3. The summed E-state index contributed by atoms with van der Waals surface area (Å²) in [4.78, 5) is 27.4. The summed E-state index contributed by atoms with van der Waals surface area (Å²) in [5.74, 6) is 1.10. The minimum Gasteiger partial charge on any atom is -0.492 e. The molecule has 3 heterocycles. The standard InChI is InChI=1S/C23H27N5O3/c1-16-23(17(2)26-14-25-16)20-11-18(27-22(29)12-19-13-24-15-31-19)5-6-21(20)30-10-9-28-7-3-4-8-28/h5-6,11,13-15H,3-4,7-10,12H2,1-2H3,(H,27,29). The van der Waals surface area contributed by atoms with Crippen LogP contribution in [0, 0.1) is 13.8 Å². The molecule has 0 unspecified atom stereocenters. The van der Waals surface area contributed by atoms with Crippen molar-refractivity contribution in [2.24, 2.45) is 0 Å². The number of oxazole rings is 1. The molecule has 8 heteroatoms. The average molecular weight is 422 g/mol. The van der Waals surface area contributed by atoms with Crippen LogP contribution in [-0.2, 0) is 11.2 Å². The van der Waals surface area contributed by atoms with Crippen molar-refractivity contribution in [3.63, 3.8) is 0 Å². The molecule has 1 fully saturated rings. The van der Waals surface area contributed by atoms with Gasteiger partial charge in [-0.05, 0) is 58.0 Å². The Bertz CT molecular complexity index is 1010. The van der Waals surface area contributed by atoms with E-state index in [0.717, 1.165) is 47.9 Å². The van der Waals surface area contributed by atoms with Crippen molar-refractivity contribution in [2.75, 3.05) is 31.6 Å². The van der Waals surface area contributed by atoms with E-state index >= 15 is 0 Å². The third-order valence-electron chi connectivity index (χ3n) is 5.44. The SMILES string of the molecule is Cc1ncnc(C)c1-c1cc(NC(=O)Cc2cnco2)ccc1OCCN1CCCC1. The number of nitrogens with one attached hydrogen (secondary N) is 1. The fraction of sp³-hybridized carbons (Fsp3) is 0.391. The summed E-state index contributed by atoms with van der Waals surface area (Å²) in [5, 5.41) is 2.93. The van der Waals surface area contributed by atoms with Crippen molar-refractivity contribution >= 4 is 11.6 Å². The zero-order valence-corrected chi connectivity index (χ0v) is 17.9. The van der Waals surface area contributed by atoms with Gasteiger partial charge in [0.15, 0.2) is 6.39 Å². The van der Waals surface area contributed by atoms with E-state index in [-0.39, 0.29) is 12.3 Å². The highest BCUT2D eigenvalue weighted by Crippen LogP contribution is 2.35. The number of carbonyl (C=O) groups excluding carboxylic acids is 1. The van der Waals surface area contributed by atoms with Crippen molar-refractivity contribution < 1.29 is 13.9 Å². The van der Waals surface area contributed by atoms with E-state index in [1.165, 1.54) is 25.4 Å². The number of rotatable bonds is 8. The Kier molecular flexibility index (Phi) is 6.57. The predicted octanol–water partition coefficient (Wildman–Crippen LogP) is 3.40. The maximum absolute atomic E-state index is 12.4. The number of hydrogen-bond acceptors (Lipinski definition) is 7. The Morgan fingerprint density at radius 2 is 1.97 bits per heavy atom. The van der Waals surface area contributed by atoms with Gasteiger partial charge in [-0.3, -0.25) is 9.69 Å². The lowest BCUT2D eigenvalue weighted by Gasteiger charge is -2.18. The van der Waals surface area contributed by atoms with Crippen LogP contribution in [0.4, 0.5) is 5.69 Å². The monoisotopic (exact) mass is 421 g/mol. The number of carbonyl (C=O) groups is 1. The quantitative estimate of drug-likeness (QED) is 0.596. The predicted molar refractivity (Wildman–Crippen MR) is 117 cm³/mol. The second kappa shape index (κ2) is 9.70. The number of ether oxygens (including phenoxy) is 1. The molecule has 3 aromatic rings. The summed E-state index contributed by atoms with van der Waals surface area (Å²) in [6.07, 6.45) is 7.05. The molecule has 31 heavy (non-hydrogen) atoms. The zero-order valence-electron chi connectivity index (χ0n) is 17.9. The molecule has 1 N–H and O–H groups in total. The summed E-state index contributed by atoms with van der Waals surface area (Å²) >= 11 is 0. The number of aryl methyl sites for hydroxylation is 2. The third kappa shape index (κ3) is 5.27. The van der Waals surface area contributed by atoms with E-state index < -0.39 is 0 Å². The molecule has 0 aliphatic carbocycles. The third-order valence-corrected chi connectivity index (χ3v) is 5.44. The minimum atomic E-state index is -0.178. The summed E-state index contributed by atoms with van der Waals surface area (Å²) in [6, 6.07) is 5.67. The number of hydrogen-bond donors (Lipinski definition) is 1. The molecule has 1 amide bonds. The first kappa shape index (κ1) is 21.0. The number of likely N-dealkylation sites (tertiary alicyclic amines) is 1. The Hall–Kier alpha value is -3.26. The largest absolute Gasteiger partial charge is 0.492 e. The van der Waals surface area contributed by atoms with Crippen molar-refractivity contribution in [2.45, 2.75) is 33.1 Å². The van der Waals surface area contributed by atoms with Gasteiger partial charge in [0.2, 0.25) is 5.91 Å². The summed E-state index contributed by atoms with van der Waals surface area (Å²) in [6.45, 7) is 7.68. The Morgan fingerprint density at radius 1 is 1.19 bits per heavy atom. The van der Waals surface area contributed by atoms with Gasteiger partial charge in [-0.1, -0.05) is 0 Å². The molecule has 4 rings (SSSR count). The van der Waals surface area contributed by atoms with Crippen LogP contribution in [0.15, 0.2) is 41.5 Å². The maximum Gasteiger partial charge on any atom is 0.232 e. The fourth-order valence-corrected chi connectivity index (χ4v) is 3.90. The van der Waals surface area contributed by atoms with E-state index in [1.807, 2.05) is 32.0 Å². The van der Waals surface area contributed by atoms with Gasteiger partial charge in [0, 0.05) is 34.7 Å². The second-order valence-electron chi connectivity index (χ2n) is 7.72. The van der Waals surface area contributed by atoms with Gasteiger partial charge in [-0.2, -0.15) is 0 Å². The van der Waals surface area contributed by atoms with Gasteiger partial charge in [-0.25, -0.2) is 15.0 Å². The van der Waals surface area contributed by atoms with Crippen molar-refractivity contribution in [1.29, 1.82) is 0 Å². The van der Waals surface area contributed by atoms with Crippen LogP contribution in [0.25, 0.3) is 11.1 Å². The first-order valence-electron chi connectivity index (χ1n) is 10.5. The van der Waals surface area contributed by atoms with Gasteiger partial charge < -0.3 is 14.5 Å². The lowest BCUT2D eigenvalue weighted by molar-refractivity contribution is -0.115. The zero-order chi connectivity index (χ0) is 21.6. The first-order chi connectivity index (χ1) is 15.1. The molecule has 0 atom stereocenters. The van der Waals surface area contributed by atoms with E-state index in [2.05, 4.69) is 25.2 Å². The Labute approximate surface area is 181 Å². The fourth-order valence-electron chi connectivity index (χ4n) is 3.90. The van der Waals surface area contributed by atoms with Gasteiger partial charge in [0.05, 0.1) is 12.6 Å². The number of benzene rings is 1. The summed E-state index contributed by atoms with van der Waals surface area (Å²) in [7, 11) is 0. The van der Waals surface area contributed by atoms with Crippen molar-refractivity contribution in [3.8, 4) is 16.9 Å². The van der Waals surface area contributed by atoms with Crippen LogP contribution < -0.4 is 10.1 Å². The highest BCUT2D eigenvalue weighted by atomic mass is 16.5. The normalized spacial score (nSPS) is 14.0. The van der Waals surface area contributed by atoms with Crippen LogP contribution in [0.1, 0.15) is 30.0 Å². The van der Waals surface area contributed by atoms with Crippen LogP contribution in [0.5, 0.6) is 5.75 Å². The topological polar surface area (TPSA) is 93.4 Å². The van der Waals surface area contributed by atoms with E-state index in [1.54, 1.807) is 6.33 Å². The lowest BCUT2D eigenvalue weighted by Crippen LogP contribution is -2.25. The molecule has 0 spiro atoms. The smallest absolute Gasteiger partial charge is 0.232 e. The van der Waals surface area contributed by atoms with E-state index in [0.29, 0.717) is 18.1 Å². The van der Waals surface area contributed by atoms with Crippen molar-refractivity contribution in [1.82, 2.24) is 19.9 Å². The second-order valence-corrected chi connectivity index (χ2v) is 7.72. The molecule has 1 aromatic carbocycles. The molecule has 1 aliphatic rings. The Balaban J connectivity index is 1.56. The lowest BCUT2D eigenvalue weighted by atomic mass is 10.0. The molecule has 0 bridgehead atoms. The first-order valence-corrected chi connectivity index (χ1v) is 10.5. The van der Waals surface area contributed by atoms with E-state index in [4.69, 9.17) is 9.15 Å². The molecule has 0 saturated carbocycles. The molecule has 1 saturated heterocycles. The molecule has 162 valence electrons. The average Bonchev–Trinajstić information content (AvgIpc) is 3.43. The molecule has 1 aliphatic heterocycles. The highest BCUT2D eigenvalue weighted by molar-refractivity contribution is 5.93. The Morgan fingerprint density at radius 3 is 2.68 bits per heavy atom. The molecule has 8 nitrogen and oxygen atoms in total. The van der Waals surface area contributed by atoms with E-state index in [9.17, 15) is 4.79 Å². The highest BCUT2D eigenvalue weighted by Gasteiger charge is 2.17. The van der Waals surface area contributed by atoms with Crippen LogP contribution in [0.2, 0.25) is 0 Å². The summed E-state index contributed by atoms with van der Waals surface area (Å²) in [5.41, 5.74) is 4.19. The van der Waals surface area contributed by atoms with Gasteiger partial charge in [0.1, 0.15) is 24.4 Å². The molecular formula is C23H27N5O3. The number of amides is 1. The van der Waals surface area contributed by atoms with Gasteiger partial charge in [-0.15, -0.1) is 0 Å². The molecule has 0 radical (unpaired) electrons. The maximum atomic E-state index is 12.4. The van der Waals surface area contributed by atoms with Crippen LogP contribution >= 0.6 is 0 Å². The van der Waals surface area contributed by atoms with Crippen LogP contribution in [0.3, 0.4) is 0 Å². The molecular weight excluding hydrogens is 394 g/mol. The van der Waals surface area contributed by atoms with Gasteiger partial charge in [0.25, 0.3) is 0 Å². The van der Waals surface area contributed by atoms with Crippen molar-refractivity contribution in [3.05, 3.63) is 54.3 Å². The van der Waals surface area contributed by atoms with Crippen LogP contribution in [-0.4, -0.2) is 52.0 Å². The number of aromatic nitrogens is 3. The minimum absolute atomic E-state index is 0.121. The number of nitrogens with zero attached hydrogens (tertiary/aromatic N) is 4.